The number of nitrogens with zero attached hydrogens (tertiary/aromatic N) is 3. The van der Waals surface area contributed by atoms with E-state index in [-0.39, 0.29) is 30.9 Å². The molecule has 2 aromatic heterocycles. The average Bonchev–Trinajstić information content (AvgIpc) is 3.94. The molecule has 12 nitrogen and oxygen atoms in total. The van der Waals surface area contributed by atoms with E-state index in [4.69, 9.17) is 14.1 Å². The Labute approximate surface area is 309 Å². The van der Waals surface area contributed by atoms with Crippen LogP contribution in [0.1, 0.15) is 79.5 Å². The average molecular weight is 731 g/mol. The molecule has 0 bridgehead atoms. The van der Waals surface area contributed by atoms with E-state index in [0.717, 1.165) is 34.7 Å². The fraction of sp³-hybridized carbons (Fsp3) is 0.462. The van der Waals surface area contributed by atoms with Gasteiger partial charge in [-0.1, -0.05) is 87.4 Å². The van der Waals surface area contributed by atoms with Gasteiger partial charge in [0.2, 0.25) is 5.91 Å². The zero-order valence-corrected chi connectivity index (χ0v) is 30.9. The topological polar surface area (TPSA) is 159 Å². The second-order valence-corrected chi connectivity index (χ2v) is 14.8. The summed E-state index contributed by atoms with van der Waals surface area (Å²) in [6, 6.07) is 16.7. The minimum atomic E-state index is -1.07. The van der Waals surface area contributed by atoms with Gasteiger partial charge < -0.3 is 35.1 Å². The lowest BCUT2D eigenvalue weighted by atomic mass is 9.93. The van der Waals surface area contributed by atoms with Crippen LogP contribution in [0.4, 0.5) is 9.59 Å². The number of ether oxygens (including phenoxy) is 1. The number of hydrogen-bond donors (Lipinski definition) is 4. The van der Waals surface area contributed by atoms with Crippen LogP contribution in [0.15, 0.2) is 83.1 Å². The molecule has 0 aliphatic heterocycles. The van der Waals surface area contributed by atoms with Crippen LogP contribution in [0.2, 0.25) is 0 Å². The van der Waals surface area contributed by atoms with Gasteiger partial charge in [-0.3, -0.25) is 4.79 Å². The minimum absolute atomic E-state index is 0.116. The fourth-order valence-electron chi connectivity index (χ4n) is 6.48. The molecular weight excluding hydrogens is 681 g/mol. The molecule has 4 atom stereocenters. The summed E-state index contributed by atoms with van der Waals surface area (Å²) in [4.78, 5) is 50.4. The number of urea groups is 1. The maximum Gasteiger partial charge on any atom is 0.407 e. The summed E-state index contributed by atoms with van der Waals surface area (Å²) in [6.07, 6.45) is 6.57. The lowest BCUT2D eigenvalue weighted by molar-refractivity contribution is -0.124. The van der Waals surface area contributed by atoms with E-state index in [1.165, 1.54) is 25.4 Å². The molecule has 0 unspecified atom stereocenters. The van der Waals surface area contributed by atoms with Gasteiger partial charge in [-0.15, -0.1) is 11.3 Å². The number of aliphatic hydroxyl groups is 1. The predicted octanol–water partition coefficient (Wildman–Crippen LogP) is 5.97. The van der Waals surface area contributed by atoms with Crippen LogP contribution in [-0.2, 0) is 35.5 Å². The molecule has 13 heteroatoms. The van der Waals surface area contributed by atoms with Crippen LogP contribution in [0, 0.1) is 5.92 Å². The molecule has 0 spiro atoms. The van der Waals surface area contributed by atoms with E-state index in [0.29, 0.717) is 31.1 Å². The number of hydrogen-bond acceptors (Lipinski definition) is 9. The monoisotopic (exact) mass is 730 g/mol. The summed E-state index contributed by atoms with van der Waals surface area (Å²) < 4.78 is 10.5. The molecule has 5 rings (SSSR count). The number of benzene rings is 2. The second-order valence-electron chi connectivity index (χ2n) is 13.9. The highest BCUT2D eigenvalue weighted by Crippen LogP contribution is 2.35. The first-order valence-electron chi connectivity index (χ1n) is 18.0. The summed E-state index contributed by atoms with van der Waals surface area (Å²) in [5.41, 5.74) is 2.71. The molecule has 4 aromatic rings. The summed E-state index contributed by atoms with van der Waals surface area (Å²) in [5, 5.41) is 23.7. The van der Waals surface area contributed by atoms with E-state index in [1.54, 1.807) is 23.3 Å². The van der Waals surface area contributed by atoms with E-state index in [1.807, 2.05) is 79.9 Å². The third-order valence-electron chi connectivity index (χ3n) is 9.34. The SMILES string of the molecule is CC(C)[C@H](NC(=O)N(C)Cc1csc(C2CCCC2)n1)C(=O)N[C@@H](Cc1ccccc1)C[C@H](O)[C@H](Cc1ccccc1)NC(=O)OCc1cnco1. The Balaban J connectivity index is 1.25. The largest absolute Gasteiger partial charge is 0.445 e. The van der Waals surface area contributed by atoms with Gasteiger partial charge in [0.25, 0.3) is 0 Å². The third-order valence-corrected chi connectivity index (χ3v) is 10.4. The first kappa shape index (κ1) is 38.5. The lowest BCUT2D eigenvalue weighted by Crippen LogP contribution is -2.55. The van der Waals surface area contributed by atoms with Crippen molar-refractivity contribution in [2.24, 2.45) is 5.92 Å². The first-order chi connectivity index (χ1) is 25.1. The van der Waals surface area contributed by atoms with Crippen molar-refractivity contribution in [3.8, 4) is 0 Å². The molecule has 0 saturated heterocycles. The molecule has 52 heavy (non-hydrogen) atoms. The summed E-state index contributed by atoms with van der Waals surface area (Å²) in [5.74, 6) is 0.314. The lowest BCUT2D eigenvalue weighted by Gasteiger charge is -2.30. The number of alkyl carbamates (subject to hydrolysis) is 1. The van der Waals surface area contributed by atoms with Crippen molar-refractivity contribution in [2.45, 2.75) is 102 Å². The quantitative estimate of drug-likeness (QED) is 0.103. The van der Waals surface area contributed by atoms with Gasteiger partial charge in [0, 0.05) is 24.4 Å². The number of nitrogens with one attached hydrogen (secondary N) is 3. The third kappa shape index (κ3) is 11.6. The molecule has 278 valence electrons. The zero-order valence-electron chi connectivity index (χ0n) is 30.1. The van der Waals surface area contributed by atoms with E-state index in [9.17, 15) is 19.5 Å². The highest BCUT2D eigenvalue weighted by Gasteiger charge is 2.31. The van der Waals surface area contributed by atoms with Crippen LogP contribution in [0.5, 0.6) is 0 Å². The number of aliphatic hydroxyl groups excluding tert-OH is 1. The highest BCUT2D eigenvalue weighted by atomic mass is 32.1. The Morgan fingerprint density at radius 3 is 2.29 bits per heavy atom. The van der Waals surface area contributed by atoms with Crippen LogP contribution in [-0.4, -0.2) is 69.3 Å². The van der Waals surface area contributed by atoms with Crippen molar-refractivity contribution in [1.29, 1.82) is 0 Å². The van der Waals surface area contributed by atoms with Gasteiger partial charge in [0.1, 0.15) is 6.04 Å². The molecule has 1 aliphatic carbocycles. The molecule has 2 heterocycles. The Morgan fingerprint density at radius 2 is 1.65 bits per heavy atom. The van der Waals surface area contributed by atoms with Gasteiger partial charge in [-0.25, -0.2) is 19.6 Å². The van der Waals surface area contributed by atoms with Crippen molar-refractivity contribution in [3.63, 3.8) is 0 Å². The number of thiazole rings is 1. The second kappa shape index (κ2) is 19.2. The summed E-state index contributed by atoms with van der Waals surface area (Å²) in [6.45, 7) is 3.98. The fourth-order valence-corrected chi connectivity index (χ4v) is 7.46. The van der Waals surface area contributed by atoms with Crippen molar-refractivity contribution in [1.82, 2.24) is 30.8 Å². The maximum absolute atomic E-state index is 13.9. The molecular formula is C39H50N6O6S. The summed E-state index contributed by atoms with van der Waals surface area (Å²) >= 11 is 1.65. The van der Waals surface area contributed by atoms with Gasteiger partial charge in [-0.05, 0) is 49.1 Å². The molecule has 1 fully saturated rings. The zero-order chi connectivity index (χ0) is 36.9. The van der Waals surface area contributed by atoms with Crippen molar-refractivity contribution in [3.05, 3.63) is 106 Å². The van der Waals surface area contributed by atoms with Gasteiger partial charge >= 0.3 is 12.1 Å². The standard InChI is InChI=1S/C39H50N6O6S/c1-26(2)35(44-38(48)45(3)22-31-24-52-37(42-31)29-16-10-11-17-29)36(47)41-30(18-27-12-6-4-7-13-27)20-34(46)33(19-28-14-8-5-9-15-28)43-39(49)50-23-32-21-40-25-51-32/h4-9,12-15,21,24-26,29-30,33-35,46H,10-11,16-20,22-23H2,1-3H3,(H,41,47)(H,43,49)(H,44,48)/t30-,33-,34-,35-/m0/s1. The molecule has 1 saturated carbocycles. The number of amides is 4. The normalized spacial score (nSPS) is 15.4. The number of aromatic nitrogens is 2. The smallest absolute Gasteiger partial charge is 0.407 e. The number of oxazole rings is 1. The molecule has 1 aliphatic rings. The molecule has 4 amide bonds. The minimum Gasteiger partial charge on any atom is -0.445 e. The van der Waals surface area contributed by atoms with Crippen LogP contribution in [0.25, 0.3) is 0 Å². The van der Waals surface area contributed by atoms with Gasteiger partial charge in [0.05, 0.1) is 35.6 Å². The highest BCUT2D eigenvalue weighted by molar-refractivity contribution is 7.09. The van der Waals surface area contributed by atoms with Crippen molar-refractivity contribution < 1.29 is 28.6 Å². The summed E-state index contributed by atoms with van der Waals surface area (Å²) in [7, 11) is 1.70. The van der Waals surface area contributed by atoms with E-state index in [2.05, 4.69) is 20.9 Å². The Bertz CT molecular complexity index is 1680. The van der Waals surface area contributed by atoms with Crippen molar-refractivity contribution in [2.75, 3.05) is 7.05 Å². The van der Waals surface area contributed by atoms with E-state index < -0.39 is 30.3 Å². The molecule has 0 radical (unpaired) electrons. The Morgan fingerprint density at radius 1 is 0.981 bits per heavy atom. The number of rotatable bonds is 17. The number of carbonyl (C=O) groups is 3. The Kier molecular flexibility index (Phi) is 14.2. The van der Waals surface area contributed by atoms with Crippen LogP contribution in [0.3, 0.4) is 0 Å². The maximum atomic E-state index is 13.9. The van der Waals surface area contributed by atoms with Gasteiger partial charge in [0.15, 0.2) is 18.8 Å². The molecule has 2 aromatic carbocycles. The first-order valence-corrected chi connectivity index (χ1v) is 18.9. The predicted molar refractivity (Wildman–Crippen MR) is 198 cm³/mol. The van der Waals surface area contributed by atoms with Crippen molar-refractivity contribution >= 4 is 29.4 Å². The van der Waals surface area contributed by atoms with Gasteiger partial charge in [-0.2, -0.15) is 0 Å². The number of carbonyl (C=O) groups excluding carboxylic acids is 3. The molecule has 4 N–H and O–H groups in total. The van der Waals surface area contributed by atoms with E-state index >= 15 is 0 Å². The van der Waals surface area contributed by atoms with Crippen LogP contribution >= 0.6 is 11.3 Å². The Hall–Kier alpha value is -4.75. The van der Waals surface area contributed by atoms with Crippen LogP contribution < -0.4 is 16.0 Å².